The number of amides is 1. The smallest absolute Gasteiger partial charge is 0.255 e. The SMILES string of the molecule is CCN(Cc1cccc(F)c1)C(=O)c1cc(I)ccc1Br. The molecule has 0 radical (unpaired) electrons. The summed E-state index contributed by atoms with van der Waals surface area (Å²) >= 11 is 5.59. The Kier molecular flexibility index (Phi) is 5.75. The van der Waals surface area contributed by atoms with Gasteiger partial charge in [-0.2, -0.15) is 0 Å². The Hall–Kier alpha value is -0.950. The van der Waals surface area contributed by atoms with Gasteiger partial charge in [-0.3, -0.25) is 4.79 Å². The average molecular weight is 462 g/mol. The number of carbonyl (C=O) groups is 1. The van der Waals surface area contributed by atoms with Crippen LogP contribution in [0.3, 0.4) is 0 Å². The number of carbonyl (C=O) groups excluding carboxylic acids is 1. The van der Waals surface area contributed by atoms with Crippen LogP contribution in [0.15, 0.2) is 46.9 Å². The fraction of sp³-hybridized carbons (Fsp3) is 0.188. The maximum absolute atomic E-state index is 13.3. The van der Waals surface area contributed by atoms with Gasteiger partial charge in [-0.1, -0.05) is 12.1 Å². The maximum atomic E-state index is 13.3. The van der Waals surface area contributed by atoms with E-state index in [9.17, 15) is 9.18 Å². The van der Waals surface area contributed by atoms with E-state index in [0.717, 1.165) is 13.6 Å². The lowest BCUT2D eigenvalue weighted by atomic mass is 10.1. The predicted octanol–water partition coefficient (Wildman–Crippen LogP) is 4.86. The Morgan fingerprint density at radius 2 is 2.05 bits per heavy atom. The number of nitrogens with zero attached hydrogens (tertiary/aromatic N) is 1. The van der Waals surface area contributed by atoms with Gasteiger partial charge < -0.3 is 4.90 Å². The molecule has 0 spiro atoms. The lowest BCUT2D eigenvalue weighted by Gasteiger charge is -2.22. The highest BCUT2D eigenvalue weighted by Gasteiger charge is 2.17. The molecule has 5 heteroatoms. The zero-order valence-electron chi connectivity index (χ0n) is 11.4. The number of halogens is 3. The summed E-state index contributed by atoms with van der Waals surface area (Å²) in [7, 11) is 0. The summed E-state index contributed by atoms with van der Waals surface area (Å²) in [6.07, 6.45) is 0. The molecule has 0 aliphatic carbocycles. The summed E-state index contributed by atoms with van der Waals surface area (Å²) in [6.45, 7) is 2.87. The van der Waals surface area contributed by atoms with E-state index < -0.39 is 0 Å². The Bertz CT molecular complexity index is 662. The zero-order valence-corrected chi connectivity index (χ0v) is 15.2. The molecule has 0 unspecified atom stereocenters. The third-order valence-corrected chi connectivity index (χ3v) is 4.45. The molecular formula is C16H14BrFINO. The first-order valence-electron chi connectivity index (χ1n) is 6.50. The number of hydrogen-bond acceptors (Lipinski definition) is 1. The van der Waals surface area contributed by atoms with Gasteiger partial charge in [-0.05, 0) is 81.3 Å². The lowest BCUT2D eigenvalue weighted by molar-refractivity contribution is 0.0751. The van der Waals surface area contributed by atoms with Crippen LogP contribution in [0.1, 0.15) is 22.8 Å². The summed E-state index contributed by atoms with van der Waals surface area (Å²) in [4.78, 5) is 14.3. The minimum absolute atomic E-state index is 0.0628. The van der Waals surface area contributed by atoms with Crippen LogP contribution in [-0.4, -0.2) is 17.4 Å². The van der Waals surface area contributed by atoms with E-state index in [0.29, 0.717) is 18.7 Å². The second-order valence-corrected chi connectivity index (χ2v) is 6.67. The van der Waals surface area contributed by atoms with Crippen molar-refractivity contribution in [1.29, 1.82) is 0 Å². The molecule has 2 nitrogen and oxygen atoms in total. The molecule has 2 rings (SSSR count). The van der Waals surface area contributed by atoms with Crippen molar-refractivity contribution in [3.63, 3.8) is 0 Å². The van der Waals surface area contributed by atoms with E-state index in [1.165, 1.54) is 12.1 Å². The van der Waals surface area contributed by atoms with Gasteiger partial charge >= 0.3 is 0 Å². The molecule has 0 aliphatic heterocycles. The van der Waals surface area contributed by atoms with Gasteiger partial charge in [-0.15, -0.1) is 0 Å². The van der Waals surface area contributed by atoms with Crippen molar-refractivity contribution in [3.05, 3.63) is 67.5 Å². The molecule has 0 atom stereocenters. The van der Waals surface area contributed by atoms with Crippen LogP contribution in [0.5, 0.6) is 0 Å². The molecule has 21 heavy (non-hydrogen) atoms. The highest BCUT2D eigenvalue weighted by molar-refractivity contribution is 14.1. The van der Waals surface area contributed by atoms with E-state index in [1.807, 2.05) is 31.2 Å². The average Bonchev–Trinajstić information content (AvgIpc) is 2.46. The molecular weight excluding hydrogens is 448 g/mol. The van der Waals surface area contributed by atoms with E-state index in [1.54, 1.807) is 11.0 Å². The molecule has 0 aromatic heterocycles. The van der Waals surface area contributed by atoms with E-state index in [4.69, 9.17) is 0 Å². The maximum Gasteiger partial charge on any atom is 0.255 e. The first-order valence-corrected chi connectivity index (χ1v) is 8.37. The highest BCUT2D eigenvalue weighted by Crippen LogP contribution is 2.22. The summed E-state index contributed by atoms with van der Waals surface area (Å²) < 4.78 is 15.0. The topological polar surface area (TPSA) is 20.3 Å². The Morgan fingerprint density at radius 3 is 2.71 bits per heavy atom. The molecule has 0 saturated carbocycles. The summed E-state index contributed by atoms with van der Waals surface area (Å²) in [5.41, 5.74) is 1.41. The van der Waals surface area contributed by atoms with Crippen molar-refractivity contribution in [2.24, 2.45) is 0 Å². The van der Waals surface area contributed by atoms with Crippen molar-refractivity contribution >= 4 is 44.4 Å². The van der Waals surface area contributed by atoms with Crippen LogP contribution in [0.2, 0.25) is 0 Å². The normalized spacial score (nSPS) is 10.5. The van der Waals surface area contributed by atoms with Crippen LogP contribution >= 0.6 is 38.5 Å². The largest absolute Gasteiger partial charge is 0.335 e. The second-order valence-electron chi connectivity index (χ2n) is 4.57. The number of hydrogen-bond donors (Lipinski definition) is 0. The van der Waals surface area contributed by atoms with Gasteiger partial charge in [0.05, 0.1) is 5.56 Å². The molecule has 110 valence electrons. The fourth-order valence-electron chi connectivity index (χ4n) is 2.01. The first kappa shape index (κ1) is 16.4. The predicted molar refractivity (Wildman–Crippen MR) is 93.7 cm³/mol. The van der Waals surface area contributed by atoms with Crippen molar-refractivity contribution in [1.82, 2.24) is 4.90 Å². The molecule has 0 aliphatic rings. The second kappa shape index (κ2) is 7.35. The Labute approximate surface area is 145 Å². The molecule has 0 bridgehead atoms. The van der Waals surface area contributed by atoms with Crippen molar-refractivity contribution in [3.8, 4) is 0 Å². The van der Waals surface area contributed by atoms with Crippen LogP contribution in [-0.2, 0) is 6.54 Å². The van der Waals surface area contributed by atoms with Gasteiger partial charge in [0.2, 0.25) is 0 Å². The van der Waals surface area contributed by atoms with Gasteiger partial charge in [0.25, 0.3) is 5.91 Å². The Balaban J connectivity index is 2.24. The van der Waals surface area contributed by atoms with Crippen molar-refractivity contribution in [2.45, 2.75) is 13.5 Å². The van der Waals surface area contributed by atoms with Gasteiger partial charge in [0, 0.05) is 21.1 Å². The molecule has 2 aromatic carbocycles. The molecule has 0 N–H and O–H groups in total. The summed E-state index contributed by atoms with van der Waals surface area (Å²) in [6, 6.07) is 12.0. The van der Waals surface area contributed by atoms with Crippen LogP contribution < -0.4 is 0 Å². The summed E-state index contributed by atoms with van der Waals surface area (Å²) in [5.74, 6) is -0.349. The quantitative estimate of drug-likeness (QED) is 0.595. The van der Waals surface area contributed by atoms with Gasteiger partial charge in [-0.25, -0.2) is 4.39 Å². The third-order valence-electron chi connectivity index (χ3n) is 3.09. The minimum atomic E-state index is -0.286. The third kappa shape index (κ3) is 4.26. The number of benzene rings is 2. The fourth-order valence-corrected chi connectivity index (χ4v) is 2.92. The molecule has 0 heterocycles. The van der Waals surface area contributed by atoms with Crippen LogP contribution in [0.4, 0.5) is 4.39 Å². The first-order chi connectivity index (χ1) is 10.0. The van der Waals surface area contributed by atoms with Gasteiger partial charge in [0.1, 0.15) is 5.82 Å². The van der Waals surface area contributed by atoms with Crippen molar-refractivity contribution in [2.75, 3.05) is 6.54 Å². The minimum Gasteiger partial charge on any atom is -0.335 e. The van der Waals surface area contributed by atoms with E-state index in [-0.39, 0.29) is 11.7 Å². The van der Waals surface area contributed by atoms with Crippen LogP contribution in [0.25, 0.3) is 0 Å². The standard InChI is InChI=1S/C16H14BrFINO/c1-2-20(10-11-4-3-5-12(18)8-11)16(21)14-9-13(19)6-7-15(14)17/h3-9H,2,10H2,1H3. The molecule has 1 amide bonds. The Morgan fingerprint density at radius 1 is 1.29 bits per heavy atom. The lowest BCUT2D eigenvalue weighted by Crippen LogP contribution is -2.30. The van der Waals surface area contributed by atoms with E-state index >= 15 is 0 Å². The zero-order chi connectivity index (χ0) is 15.4. The van der Waals surface area contributed by atoms with Gasteiger partial charge in [0.15, 0.2) is 0 Å². The molecule has 0 saturated heterocycles. The molecule has 0 fully saturated rings. The summed E-state index contributed by atoms with van der Waals surface area (Å²) in [5, 5.41) is 0. The van der Waals surface area contributed by atoms with Crippen molar-refractivity contribution < 1.29 is 9.18 Å². The monoisotopic (exact) mass is 461 g/mol. The molecule has 2 aromatic rings. The van der Waals surface area contributed by atoms with E-state index in [2.05, 4.69) is 38.5 Å². The van der Waals surface area contributed by atoms with Crippen LogP contribution in [0, 0.1) is 9.39 Å². The highest BCUT2D eigenvalue weighted by atomic mass is 127. The number of rotatable bonds is 4.